The molecule has 0 spiro atoms. The Hall–Kier alpha value is -0.930. The molecule has 1 N–H and O–H groups in total. The average molecular weight is 221 g/mol. The summed E-state index contributed by atoms with van der Waals surface area (Å²) in [6.45, 7) is 4.98. The fourth-order valence-corrected chi connectivity index (χ4v) is 2.17. The lowest BCUT2D eigenvalue weighted by atomic mass is 9.92. The third-order valence-corrected chi connectivity index (χ3v) is 3.28. The highest BCUT2D eigenvalue weighted by atomic mass is 16.5. The van der Waals surface area contributed by atoms with Gasteiger partial charge >= 0.3 is 0 Å². The van der Waals surface area contributed by atoms with E-state index >= 15 is 0 Å². The molecule has 0 fully saturated rings. The lowest BCUT2D eigenvalue weighted by molar-refractivity contribution is -0.0130. The Bertz CT molecular complexity index is 365. The summed E-state index contributed by atoms with van der Waals surface area (Å²) in [7, 11) is 0. The molecule has 88 valence electrons. The van der Waals surface area contributed by atoms with Gasteiger partial charge in [-0.3, -0.25) is 4.98 Å². The maximum atomic E-state index is 8.93. The summed E-state index contributed by atoms with van der Waals surface area (Å²) in [6, 6.07) is 4.21. The minimum absolute atomic E-state index is 0.226. The molecule has 3 nitrogen and oxygen atoms in total. The zero-order valence-corrected chi connectivity index (χ0v) is 9.94. The summed E-state index contributed by atoms with van der Waals surface area (Å²) in [6.07, 6.45) is 1.95. The van der Waals surface area contributed by atoms with Gasteiger partial charge in [0.1, 0.15) is 0 Å². The van der Waals surface area contributed by atoms with Crippen LogP contribution in [0.4, 0.5) is 0 Å². The van der Waals surface area contributed by atoms with Crippen molar-refractivity contribution >= 4 is 0 Å². The van der Waals surface area contributed by atoms with E-state index in [4.69, 9.17) is 9.84 Å². The zero-order valence-electron chi connectivity index (χ0n) is 9.94. The van der Waals surface area contributed by atoms with Crippen molar-refractivity contribution in [2.24, 2.45) is 5.92 Å². The van der Waals surface area contributed by atoms with E-state index in [9.17, 15) is 0 Å². The molecule has 0 radical (unpaired) electrons. The van der Waals surface area contributed by atoms with Crippen molar-refractivity contribution in [2.45, 2.75) is 39.4 Å². The fraction of sp³-hybridized carbons (Fsp3) is 0.615. The summed E-state index contributed by atoms with van der Waals surface area (Å²) in [4.78, 5) is 4.48. The van der Waals surface area contributed by atoms with E-state index in [1.165, 1.54) is 5.56 Å². The van der Waals surface area contributed by atoms with Gasteiger partial charge in [0.2, 0.25) is 0 Å². The number of pyridine rings is 1. The number of aliphatic hydroxyl groups excluding tert-OH is 1. The first-order chi connectivity index (χ1) is 7.70. The maximum Gasteiger partial charge on any atom is 0.0894 e. The van der Waals surface area contributed by atoms with E-state index in [1.807, 2.05) is 6.92 Å². The first kappa shape index (κ1) is 11.6. The third-order valence-electron chi connectivity index (χ3n) is 3.28. The molecule has 0 bridgehead atoms. The number of hydrogen-bond acceptors (Lipinski definition) is 3. The van der Waals surface area contributed by atoms with Crippen LogP contribution in [0.1, 0.15) is 30.3 Å². The van der Waals surface area contributed by atoms with Crippen molar-refractivity contribution in [3.63, 3.8) is 0 Å². The van der Waals surface area contributed by atoms with Gasteiger partial charge in [0.25, 0.3) is 0 Å². The first-order valence-corrected chi connectivity index (χ1v) is 5.88. The van der Waals surface area contributed by atoms with Crippen molar-refractivity contribution < 1.29 is 9.84 Å². The zero-order chi connectivity index (χ0) is 11.5. The summed E-state index contributed by atoms with van der Waals surface area (Å²) in [5.41, 5.74) is 3.42. The summed E-state index contributed by atoms with van der Waals surface area (Å²) < 4.78 is 5.80. The molecule has 0 amide bonds. The molecule has 1 unspecified atom stereocenters. The molecule has 1 aliphatic rings. The van der Waals surface area contributed by atoms with Crippen LogP contribution in [-0.2, 0) is 17.8 Å². The van der Waals surface area contributed by atoms with Gasteiger partial charge in [0.15, 0.2) is 0 Å². The second-order valence-corrected chi connectivity index (χ2v) is 4.60. The molecule has 1 aliphatic heterocycles. The lowest BCUT2D eigenvalue weighted by Crippen LogP contribution is -2.30. The highest BCUT2D eigenvalue weighted by Crippen LogP contribution is 2.25. The maximum absolute atomic E-state index is 8.93. The van der Waals surface area contributed by atoms with Gasteiger partial charge in [-0.1, -0.05) is 13.0 Å². The predicted molar refractivity (Wildman–Crippen MR) is 62.1 cm³/mol. The van der Waals surface area contributed by atoms with Gasteiger partial charge in [-0.25, -0.2) is 0 Å². The predicted octanol–water partition coefficient (Wildman–Crippen LogP) is 1.85. The van der Waals surface area contributed by atoms with Crippen molar-refractivity contribution in [1.82, 2.24) is 4.98 Å². The largest absolute Gasteiger partial charge is 0.396 e. The number of aromatic nitrogens is 1. The highest BCUT2D eigenvalue weighted by Gasteiger charge is 2.24. The van der Waals surface area contributed by atoms with Crippen LogP contribution in [0.15, 0.2) is 12.1 Å². The van der Waals surface area contributed by atoms with E-state index in [-0.39, 0.29) is 12.7 Å². The Morgan fingerprint density at radius 1 is 1.56 bits per heavy atom. The molecule has 0 aliphatic carbocycles. The monoisotopic (exact) mass is 221 g/mol. The van der Waals surface area contributed by atoms with Crippen LogP contribution in [0.25, 0.3) is 0 Å². The molecule has 0 aromatic carbocycles. The number of aliphatic hydroxyl groups is 1. The third kappa shape index (κ3) is 2.42. The lowest BCUT2D eigenvalue weighted by Gasteiger charge is -2.29. The van der Waals surface area contributed by atoms with Crippen LogP contribution < -0.4 is 0 Å². The number of nitrogens with zero attached hydrogens (tertiary/aromatic N) is 1. The quantitative estimate of drug-likeness (QED) is 0.847. The van der Waals surface area contributed by atoms with Crippen LogP contribution in [0.2, 0.25) is 0 Å². The number of rotatable bonds is 3. The van der Waals surface area contributed by atoms with Crippen molar-refractivity contribution in [1.29, 1.82) is 0 Å². The Balaban J connectivity index is 2.09. The van der Waals surface area contributed by atoms with Gasteiger partial charge in [-0.05, 0) is 30.9 Å². The molecule has 3 heteroatoms. The van der Waals surface area contributed by atoms with Crippen LogP contribution in [0.5, 0.6) is 0 Å². The van der Waals surface area contributed by atoms with Crippen molar-refractivity contribution in [2.75, 3.05) is 6.61 Å². The van der Waals surface area contributed by atoms with Crippen LogP contribution >= 0.6 is 0 Å². The SMILES string of the molecule is Cc1ccc2c(n1)CO[C@@H](C(C)CCO)C2. The highest BCUT2D eigenvalue weighted by molar-refractivity contribution is 5.24. The standard InChI is InChI=1S/C13H19NO2/c1-9(5-6-15)13-7-11-4-3-10(2)14-12(11)8-16-13/h3-4,9,13,15H,5-8H2,1-2H3/t9?,13-/m1/s1. The van der Waals surface area contributed by atoms with Gasteiger partial charge in [0.05, 0.1) is 18.4 Å². The smallest absolute Gasteiger partial charge is 0.0894 e. The molecule has 0 saturated heterocycles. The van der Waals surface area contributed by atoms with Crippen molar-refractivity contribution in [3.8, 4) is 0 Å². The number of aryl methyl sites for hydroxylation is 1. The Labute approximate surface area is 96.5 Å². The van der Waals surface area contributed by atoms with Gasteiger partial charge in [-0.15, -0.1) is 0 Å². The summed E-state index contributed by atoms with van der Waals surface area (Å²) in [5.74, 6) is 0.402. The normalized spacial score (nSPS) is 21.6. The average Bonchev–Trinajstić information content (AvgIpc) is 2.28. The number of hydrogen-bond donors (Lipinski definition) is 1. The molecule has 2 atom stereocenters. The Kier molecular flexibility index (Phi) is 3.56. The minimum atomic E-state index is 0.226. The van der Waals surface area contributed by atoms with E-state index in [0.29, 0.717) is 12.5 Å². The van der Waals surface area contributed by atoms with Crippen LogP contribution in [0, 0.1) is 12.8 Å². The minimum Gasteiger partial charge on any atom is -0.396 e. The molecule has 2 rings (SSSR count). The second kappa shape index (κ2) is 4.93. The van der Waals surface area contributed by atoms with Crippen LogP contribution in [0.3, 0.4) is 0 Å². The molecule has 1 aromatic heterocycles. The fourth-order valence-electron chi connectivity index (χ4n) is 2.17. The first-order valence-electron chi connectivity index (χ1n) is 5.88. The van der Waals surface area contributed by atoms with Gasteiger partial charge in [0, 0.05) is 18.7 Å². The molecule has 0 saturated carbocycles. The van der Waals surface area contributed by atoms with Crippen LogP contribution in [-0.4, -0.2) is 22.8 Å². The second-order valence-electron chi connectivity index (χ2n) is 4.60. The van der Waals surface area contributed by atoms with E-state index in [0.717, 1.165) is 24.2 Å². The van der Waals surface area contributed by atoms with Gasteiger partial charge in [-0.2, -0.15) is 0 Å². The molecule has 1 aromatic rings. The Morgan fingerprint density at radius 2 is 2.38 bits per heavy atom. The van der Waals surface area contributed by atoms with E-state index in [1.54, 1.807) is 0 Å². The van der Waals surface area contributed by atoms with Gasteiger partial charge < -0.3 is 9.84 Å². The Morgan fingerprint density at radius 3 is 3.12 bits per heavy atom. The topological polar surface area (TPSA) is 42.4 Å². The molecular formula is C13H19NO2. The molecule has 2 heterocycles. The number of ether oxygens (including phenoxy) is 1. The molecular weight excluding hydrogens is 202 g/mol. The summed E-state index contributed by atoms with van der Waals surface area (Å²) in [5, 5.41) is 8.93. The van der Waals surface area contributed by atoms with Crippen molar-refractivity contribution in [3.05, 3.63) is 29.1 Å². The van der Waals surface area contributed by atoms with E-state index < -0.39 is 0 Å². The molecule has 16 heavy (non-hydrogen) atoms. The summed E-state index contributed by atoms with van der Waals surface area (Å²) >= 11 is 0. The van der Waals surface area contributed by atoms with E-state index in [2.05, 4.69) is 24.0 Å². The number of fused-ring (bicyclic) bond motifs is 1.